The molecule has 13 heteroatoms. The molecule has 13 nitrogen and oxygen atoms in total. The van der Waals surface area contributed by atoms with Gasteiger partial charge in [-0.3, -0.25) is 14.4 Å². The predicted octanol–water partition coefficient (Wildman–Crippen LogP) is 16.8. The van der Waals surface area contributed by atoms with Crippen LogP contribution >= 0.6 is 0 Å². The molecule has 0 saturated carbocycles. The zero-order valence-corrected chi connectivity index (χ0v) is 54.0. The van der Waals surface area contributed by atoms with E-state index >= 15 is 0 Å². The molecule has 1 fully saturated rings. The van der Waals surface area contributed by atoms with Crippen LogP contribution in [0.25, 0.3) is 0 Å². The second kappa shape index (κ2) is 58.5. The minimum Gasteiger partial charge on any atom is -0.463 e. The Morgan fingerprint density at radius 2 is 0.716 bits per heavy atom. The average molecular weight is 1150 g/mol. The van der Waals surface area contributed by atoms with Crippen molar-refractivity contribution in [3.8, 4) is 0 Å². The van der Waals surface area contributed by atoms with E-state index < -0.39 is 5.41 Å². The molecular formula is C68H131NO12. The summed E-state index contributed by atoms with van der Waals surface area (Å²) in [7, 11) is 2.03. The monoisotopic (exact) mass is 1150 g/mol. The first-order valence-corrected chi connectivity index (χ1v) is 34.4. The number of carbonyl (C=O) groups excluding carboxylic acids is 3. The van der Waals surface area contributed by atoms with E-state index in [0.29, 0.717) is 85.5 Å². The van der Waals surface area contributed by atoms with Gasteiger partial charge in [-0.05, 0) is 104 Å². The van der Waals surface area contributed by atoms with E-state index in [1.54, 1.807) is 0 Å². The van der Waals surface area contributed by atoms with Gasteiger partial charge in [-0.2, -0.15) is 0 Å². The van der Waals surface area contributed by atoms with Crippen molar-refractivity contribution in [1.29, 1.82) is 0 Å². The lowest BCUT2D eigenvalue weighted by Crippen LogP contribution is -2.33. The van der Waals surface area contributed by atoms with Crippen LogP contribution in [0.15, 0.2) is 0 Å². The summed E-state index contributed by atoms with van der Waals surface area (Å²) >= 11 is 0. The lowest BCUT2D eigenvalue weighted by Gasteiger charge is -2.21. The van der Waals surface area contributed by atoms with Crippen molar-refractivity contribution in [3.05, 3.63) is 0 Å². The van der Waals surface area contributed by atoms with Gasteiger partial charge in [-0.15, -0.1) is 0 Å². The SMILES string of the molecule is CCCCCCCCC(CCCCCCCC)OC(=O)CCCCCCCOCC(COCCOCCOCCOCCOC(=O)C1(C)CCN(C)C1)OCCCCCCCC(=O)OC(CCCCCCCC)CCCCCCCC. The van der Waals surface area contributed by atoms with Crippen molar-refractivity contribution >= 4 is 17.9 Å². The zero-order valence-electron chi connectivity index (χ0n) is 54.0. The van der Waals surface area contributed by atoms with Crippen LogP contribution in [0.1, 0.15) is 298 Å². The molecule has 0 amide bonds. The lowest BCUT2D eigenvalue weighted by molar-refractivity contribution is -0.156. The van der Waals surface area contributed by atoms with E-state index in [-0.39, 0.29) is 42.8 Å². The first-order valence-electron chi connectivity index (χ1n) is 34.4. The molecule has 0 aromatic carbocycles. The Morgan fingerprint density at radius 1 is 0.383 bits per heavy atom. The first kappa shape index (κ1) is 77.1. The summed E-state index contributed by atoms with van der Waals surface area (Å²) < 4.78 is 53.1. The number of likely N-dealkylation sites (tertiary alicyclic amines) is 1. The Labute approximate surface area is 498 Å². The summed E-state index contributed by atoms with van der Waals surface area (Å²) in [4.78, 5) is 40.4. The van der Waals surface area contributed by atoms with Gasteiger partial charge in [0.05, 0.1) is 64.9 Å². The Hall–Kier alpha value is -1.87. The van der Waals surface area contributed by atoms with E-state index in [1.807, 2.05) is 14.0 Å². The van der Waals surface area contributed by atoms with Crippen LogP contribution in [0.2, 0.25) is 0 Å². The molecule has 0 aromatic heterocycles. The summed E-state index contributed by atoms with van der Waals surface area (Å²) in [6.45, 7) is 18.1. The third-order valence-corrected chi connectivity index (χ3v) is 16.0. The van der Waals surface area contributed by atoms with E-state index in [9.17, 15) is 14.4 Å². The molecule has 1 saturated heterocycles. The summed E-state index contributed by atoms with van der Waals surface area (Å²) in [5.74, 6) is -0.179. The summed E-state index contributed by atoms with van der Waals surface area (Å²) in [5, 5.41) is 0. The van der Waals surface area contributed by atoms with E-state index in [1.165, 1.54) is 128 Å². The molecule has 0 radical (unpaired) electrons. The molecule has 480 valence electrons. The van der Waals surface area contributed by atoms with Gasteiger partial charge >= 0.3 is 17.9 Å². The predicted molar refractivity (Wildman–Crippen MR) is 332 cm³/mol. The van der Waals surface area contributed by atoms with Gasteiger partial charge in [0.15, 0.2) is 0 Å². The van der Waals surface area contributed by atoms with Gasteiger partial charge in [0, 0.05) is 32.6 Å². The van der Waals surface area contributed by atoms with Crippen molar-refractivity contribution in [2.45, 2.75) is 316 Å². The first-order chi connectivity index (χ1) is 39.7. The number of unbranched alkanes of at least 4 members (excludes halogenated alkanes) is 28. The molecule has 0 N–H and O–H groups in total. The smallest absolute Gasteiger partial charge is 0.313 e. The fourth-order valence-corrected chi connectivity index (χ4v) is 10.7. The number of hydrogen-bond donors (Lipinski definition) is 0. The van der Waals surface area contributed by atoms with Crippen LogP contribution < -0.4 is 0 Å². The van der Waals surface area contributed by atoms with Crippen LogP contribution in [0.3, 0.4) is 0 Å². The number of rotatable bonds is 64. The molecule has 0 aromatic rings. The lowest BCUT2D eigenvalue weighted by atomic mass is 9.90. The summed E-state index contributed by atoms with van der Waals surface area (Å²) in [6.07, 6.45) is 46.2. The van der Waals surface area contributed by atoms with Crippen molar-refractivity contribution in [3.63, 3.8) is 0 Å². The number of ether oxygens (including phenoxy) is 9. The third-order valence-electron chi connectivity index (χ3n) is 16.0. The maximum Gasteiger partial charge on any atom is 0.313 e. The number of nitrogens with zero attached hydrogens (tertiary/aromatic N) is 1. The maximum atomic E-state index is 12.9. The molecule has 1 aliphatic rings. The highest BCUT2D eigenvalue weighted by Crippen LogP contribution is 2.30. The van der Waals surface area contributed by atoms with Crippen molar-refractivity contribution in [2.75, 3.05) is 99.4 Å². The summed E-state index contributed by atoms with van der Waals surface area (Å²) in [5.41, 5.74) is -0.425. The third kappa shape index (κ3) is 50.0. The molecular weight excluding hydrogens is 1020 g/mol. The van der Waals surface area contributed by atoms with Gasteiger partial charge in [-0.1, -0.05) is 195 Å². The quantitative estimate of drug-likeness (QED) is 0.0325. The van der Waals surface area contributed by atoms with Gasteiger partial charge in [0.25, 0.3) is 0 Å². The normalized spacial score (nSPS) is 15.1. The van der Waals surface area contributed by atoms with Crippen molar-refractivity contribution < 1.29 is 57.0 Å². The Bertz CT molecular complexity index is 1340. The van der Waals surface area contributed by atoms with E-state index in [4.69, 9.17) is 42.6 Å². The van der Waals surface area contributed by atoms with Gasteiger partial charge in [0.2, 0.25) is 0 Å². The van der Waals surface area contributed by atoms with E-state index in [0.717, 1.165) is 135 Å². The molecule has 81 heavy (non-hydrogen) atoms. The second-order valence-corrected chi connectivity index (χ2v) is 24.1. The van der Waals surface area contributed by atoms with Crippen LogP contribution in [-0.2, 0) is 57.0 Å². The molecule has 0 bridgehead atoms. The van der Waals surface area contributed by atoms with Gasteiger partial charge < -0.3 is 47.5 Å². The highest BCUT2D eigenvalue weighted by atomic mass is 16.6. The standard InChI is InChI=1S/C68H131NO12/c1-7-11-15-19-25-33-41-62(42-34-26-20-16-12-8-2)80-65(70)45-37-29-23-31-39-49-76-59-64(60-77-56-55-74-52-51-73-53-54-75-57-58-79-67(72)68(5)47-48-69(6)61-68)78-50-40-32-24-30-38-46-66(71)81-63(43-35-27-21-17-13-9-3)44-36-28-22-18-14-10-4/h62-64H,7-61H2,1-6H3. The van der Waals surface area contributed by atoms with E-state index in [2.05, 4.69) is 32.6 Å². The molecule has 2 unspecified atom stereocenters. The number of carbonyl (C=O) groups is 3. The maximum absolute atomic E-state index is 12.9. The fraction of sp³-hybridized carbons (Fsp3) is 0.956. The van der Waals surface area contributed by atoms with Crippen LogP contribution in [0, 0.1) is 5.41 Å². The minimum atomic E-state index is -0.425. The molecule has 2 atom stereocenters. The topological polar surface area (TPSA) is 138 Å². The van der Waals surface area contributed by atoms with Gasteiger partial charge in [-0.25, -0.2) is 0 Å². The Balaban J connectivity index is 2.42. The molecule has 0 spiro atoms. The van der Waals surface area contributed by atoms with Crippen molar-refractivity contribution in [1.82, 2.24) is 4.90 Å². The zero-order chi connectivity index (χ0) is 58.8. The summed E-state index contributed by atoms with van der Waals surface area (Å²) in [6, 6.07) is 0. The minimum absolute atomic E-state index is 0.0135. The molecule has 1 rings (SSSR count). The highest BCUT2D eigenvalue weighted by molar-refractivity contribution is 5.77. The second-order valence-electron chi connectivity index (χ2n) is 24.1. The highest BCUT2D eigenvalue weighted by Gasteiger charge is 2.40. The fourth-order valence-electron chi connectivity index (χ4n) is 10.7. The molecule has 1 heterocycles. The molecule has 1 aliphatic heterocycles. The van der Waals surface area contributed by atoms with Crippen LogP contribution in [0.4, 0.5) is 0 Å². The number of hydrogen-bond acceptors (Lipinski definition) is 13. The largest absolute Gasteiger partial charge is 0.463 e. The van der Waals surface area contributed by atoms with Crippen LogP contribution in [-0.4, -0.2) is 141 Å². The Kier molecular flexibility index (Phi) is 55.7. The molecule has 0 aliphatic carbocycles. The van der Waals surface area contributed by atoms with Crippen LogP contribution in [0.5, 0.6) is 0 Å². The average Bonchev–Trinajstić information content (AvgIpc) is 3.88. The Morgan fingerprint density at radius 3 is 1.11 bits per heavy atom. The van der Waals surface area contributed by atoms with Crippen molar-refractivity contribution in [2.24, 2.45) is 5.41 Å². The van der Waals surface area contributed by atoms with Gasteiger partial charge in [0.1, 0.15) is 24.9 Å². The number of esters is 3.